The second-order valence-corrected chi connectivity index (χ2v) is 3.31. The number of nitriles is 1. The summed E-state index contributed by atoms with van der Waals surface area (Å²) in [6.07, 6.45) is 1.43. The average molecular weight is 257 g/mol. The molecule has 0 atom stereocenters. The molecule has 0 fully saturated rings. The van der Waals surface area contributed by atoms with Crippen molar-refractivity contribution in [3.63, 3.8) is 0 Å². The van der Waals surface area contributed by atoms with E-state index in [2.05, 4.69) is 15.9 Å². The topological polar surface area (TPSA) is 57.2 Å². The van der Waals surface area contributed by atoms with Gasteiger partial charge in [-0.25, -0.2) is 0 Å². The van der Waals surface area contributed by atoms with Gasteiger partial charge in [-0.05, 0) is 28.9 Å². The Kier molecular flexibility index (Phi) is 3.72. The Hall–Kier alpha value is -1.28. The zero-order chi connectivity index (χ0) is 10.6. The largest absolute Gasteiger partial charge is 0.457 e. The summed E-state index contributed by atoms with van der Waals surface area (Å²) in [6, 6.07) is 3.52. The van der Waals surface area contributed by atoms with E-state index >= 15 is 0 Å². The summed E-state index contributed by atoms with van der Waals surface area (Å²) in [5.41, 5.74) is 0.446. The van der Waals surface area contributed by atoms with Gasteiger partial charge in [0, 0.05) is 6.54 Å². The van der Waals surface area contributed by atoms with Crippen molar-refractivity contribution in [2.24, 2.45) is 0 Å². The van der Waals surface area contributed by atoms with E-state index in [1.807, 2.05) is 13.0 Å². The highest BCUT2D eigenvalue weighted by Crippen LogP contribution is 2.19. The molecule has 0 spiro atoms. The number of hydrogen-bond acceptors (Lipinski definition) is 3. The lowest BCUT2D eigenvalue weighted by Gasteiger charge is -2.15. The van der Waals surface area contributed by atoms with Crippen molar-refractivity contribution in [2.45, 2.75) is 6.92 Å². The van der Waals surface area contributed by atoms with Crippen LogP contribution < -0.4 is 0 Å². The van der Waals surface area contributed by atoms with Crippen molar-refractivity contribution in [2.75, 3.05) is 13.1 Å². The Labute approximate surface area is 90.2 Å². The van der Waals surface area contributed by atoms with Gasteiger partial charge in [-0.1, -0.05) is 0 Å². The molecule has 0 aromatic carbocycles. The molecule has 1 aromatic heterocycles. The van der Waals surface area contributed by atoms with Gasteiger partial charge in [-0.2, -0.15) is 5.26 Å². The molecule has 1 aromatic rings. The maximum Gasteiger partial charge on any atom is 0.259 e. The molecule has 1 amide bonds. The minimum Gasteiger partial charge on any atom is -0.457 e. The SMILES string of the molecule is CCN(CC#N)C(=O)c1ccoc1Br. The van der Waals surface area contributed by atoms with Crippen LogP contribution >= 0.6 is 15.9 Å². The fourth-order valence-electron chi connectivity index (χ4n) is 1.03. The van der Waals surface area contributed by atoms with Gasteiger partial charge in [0.2, 0.25) is 0 Å². The summed E-state index contributed by atoms with van der Waals surface area (Å²) in [5.74, 6) is -0.199. The molecule has 0 bridgehead atoms. The Morgan fingerprint density at radius 2 is 2.50 bits per heavy atom. The first-order valence-corrected chi connectivity index (χ1v) is 4.89. The molecule has 0 unspecified atom stereocenters. The lowest BCUT2D eigenvalue weighted by molar-refractivity contribution is 0.0782. The van der Waals surface area contributed by atoms with Gasteiger partial charge < -0.3 is 9.32 Å². The van der Waals surface area contributed by atoms with Crippen LogP contribution in [-0.4, -0.2) is 23.9 Å². The molecule has 1 rings (SSSR count). The monoisotopic (exact) mass is 256 g/mol. The van der Waals surface area contributed by atoms with E-state index in [0.717, 1.165) is 0 Å². The van der Waals surface area contributed by atoms with Crippen molar-refractivity contribution in [1.82, 2.24) is 4.90 Å². The van der Waals surface area contributed by atoms with Crippen LogP contribution in [0.3, 0.4) is 0 Å². The minimum absolute atomic E-state index is 0.0902. The van der Waals surface area contributed by atoms with E-state index in [-0.39, 0.29) is 12.5 Å². The molecule has 0 saturated carbocycles. The molecule has 0 aliphatic heterocycles. The van der Waals surface area contributed by atoms with E-state index in [4.69, 9.17) is 9.68 Å². The number of carbonyl (C=O) groups excluding carboxylic acids is 1. The second-order valence-electron chi connectivity index (χ2n) is 2.59. The molecule has 0 saturated heterocycles. The molecular formula is C9H9BrN2O2. The van der Waals surface area contributed by atoms with E-state index in [1.54, 1.807) is 6.07 Å². The Morgan fingerprint density at radius 1 is 1.79 bits per heavy atom. The van der Waals surface area contributed by atoms with E-state index in [1.165, 1.54) is 11.2 Å². The number of furan rings is 1. The maximum atomic E-state index is 11.7. The third-order valence-corrected chi connectivity index (χ3v) is 2.39. The lowest BCUT2D eigenvalue weighted by atomic mass is 10.3. The average Bonchev–Trinajstić information content (AvgIpc) is 2.59. The zero-order valence-corrected chi connectivity index (χ0v) is 9.24. The van der Waals surface area contributed by atoms with Crippen LogP contribution in [-0.2, 0) is 0 Å². The number of rotatable bonds is 3. The molecule has 74 valence electrons. The standard InChI is InChI=1S/C9H9BrN2O2/c1-2-12(5-4-11)9(13)7-3-6-14-8(7)10/h3,6H,2,5H2,1H3. The van der Waals surface area contributed by atoms with Gasteiger partial charge in [-0.15, -0.1) is 0 Å². The Bertz CT molecular complexity index is 367. The van der Waals surface area contributed by atoms with Crippen molar-refractivity contribution >= 4 is 21.8 Å². The molecular weight excluding hydrogens is 248 g/mol. The first-order valence-electron chi connectivity index (χ1n) is 4.10. The third-order valence-electron chi connectivity index (χ3n) is 1.78. The van der Waals surface area contributed by atoms with Crippen LogP contribution in [0.15, 0.2) is 21.4 Å². The molecule has 0 aliphatic rings. The van der Waals surface area contributed by atoms with Crippen molar-refractivity contribution < 1.29 is 9.21 Å². The van der Waals surface area contributed by atoms with Gasteiger partial charge in [0.15, 0.2) is 4.67 Å². The first kappa shape index (κ1) is 10.8. The number of amides is 1. The normalized spacial score (nSPS) is 9.50. The fourth-order valence-corrected chi connectivity index (χ4v) is 1.44. The highest BCUT2D eigenvalue weighted by molar-refractivity contribution is 9.10. The number of hydrogen-bond donors (Lipinski definition) is 0. The number of halogens is 1. The summed E-state index contributed by atoms with van der Waals surface area (Å²) in [5, 5.41) is 8.50. The summed E-state index contributed by atoms with van der Waals surface area (Å²) in [4.78, 5) is 13.2. The van der Waals surface area contributed by atoms with Gasteiger partial charge in [-0.3, -0.25) is 4.79 Å². The summed E-state index contributed by atoms with van der Waals surface area (Å²) >= 11 is 3.12. The molecule has 0 N–H and O–H groups in total. The molecule has 14 heavy (non-hydrogen) atoms. The molecule has 0 aliphatic carbocycles. The molecule has 0 radical (unpaired) electrons. The van der Waals surface area contributed by atoms with Gasteiger partial charge >= 0.3 is 0 Å². The number of nitrogens with zero attached hydrogens (tertiary/aromatic N) is 2. The predicted molar refractivity (Wildman–Crippen MR) is 53.6 cm³/mol. The molecule has 5 heteroatoms. The van der Waals surface area contributed by atoms with Crippen LogP contribution in [0.25, 0.3) is 0 Å². The summed E-state index contributed by atoms with van der Waals surface area (Å²) < 4.78 is 5.35. The van der Waals surface area contributed by atoms with Crippen LogP contribution in [0, 0.1) is 11.3 Å². The highest BCUT2D eigenvalue weighted by Gasteiger charge is 2.18. The van der Waals surface area contributed by atoms with Crippen LogP contribution in [0.5, 0.6) is 0 Å². The smallest absolute Gasteiger partial charge is 0.259 e. The van der Waals surface area contributed by atoms with Gasteiger partial charge in [0.05, 0.1) is 17.9 Å². The minimum atomic E-state index is -0.199. The van der Waals surface area contributed by atoms with Gasteiger partial charge in [0.25, 0.3) is 5.91 Å². The lowest BCUT2D eigenvalue weighted by Crippen LogP contribution is -2.31. The quantitative estimate of drug-likeness (QED) is 0.778. The maximum absolute atomic E-state index is 11.7. The number of carbonyl (C=O) groups is 1. The predicted octanol–water partition coefficient (Wildman–Crippen LogP) is 2.03. The van der Waals surface area contributed by atoms with E-state index in [9.17, 15) is 4.79 Å². The van der Waals surface area contributed by atoms with Crippen LogP contribution in [0.4, 0.5) is 0 Å². The summed E-state index contributed by atoms with van der Waals surface area (Å²) in [6.45, 7) is 2.42. The van der Waals surface area contributed by atoms with Crippen molar-refractivity contribution in [3.05, 3.63) is 22.6 Å². The van der Waals surface area contributed by atoms with Gasteiger partial charge in [0.1, 0.15) is 6.54 Å². The molecule has 4 nitrogen and oxygen atoms in total. The van der Waals surface area contributed by atoms with Crippen LogP contribution in [0.1, 0.15) is 17.3 Å². The fraction of sp³-hybridized carbons (Fsp3) is 0.333. The summed E-state index contributed by atoms with van der Waals surface area (Å²) in [7, 11) is 0. The van der Waals surface area contributed by atoms with Crippen LogP contribution in [0.2, 0.25) is 0 Å². The van der Waals surface area contributed by atoms with Crippen molar-refractivity contribution in [3.8, 4) is 6.07 Å². The second kappa shape index (κ2) is 4.82. The highest BCUT2D eigenvalue weighted by atomic mass is 79.9. The van der Waals surface area contributed by atoms with Crippen molar-refractivity contribution in [1.29, 1.82) is 5.26 Å². The third kappa shape index (κ3) is 2.15. The van der Waals surface area contributed by atoms with E-state index in [0.29, 0.717) is 16.8 Å². The Balaban J connectivity index is 2.84. The molecule has 1 heterocycles. The Morgan fingerprint density at radius 3 is 2.93 bits per heavy atom. The first-order chi connectivity index (χ1) is 6.70. The van der Waals surface area contributed by atoms with E-state index < -0.39 is 0 Å². The zero-order valence-electron chi connectivity index (χ0n) is 7.66.